The van der Waals surface area contributed by atoms with Gasteiger partial charge in [-0.1, -0.05) is 0 Å². The van der Waals surface area contributed by atoms with E-state index in [2.05, 4.69) is 9.47 Å². The number of rotatable bonds is 5. The lowest BCUT2D eigenvalue weighted by Gasteiger charge is -2.22. The van der Waals surface area contributed by atoms with Crippen molar-refractivity contribution < 1.29 is 45.7 Å². The van der Waals surface area contributed by atoms with E-state index in [4.69, 9.17) is 5.11 Å². The van der Waals surface area contributed by atoms with Crippen molar-refractivity contribution in [2.45, 2.75) is 18.8 Å². The zero-order valence-corrected chi connectivity index (χ0v) is 9.33. The number of carboxylic acid groups (broad SMARTS) is 1. The van der Waals surface area contributed by atoms with E-state index in [1.165, 1.54) is 0 Å². The molecule has 1 atom stereocenters. The van der Waals surface area contributed by atoms with Crippen molar-refractivity contribution in [3.63, 3.8) is 0 Å². The zero-order chi connectivity index (χ0) is 15.6. The normalized spacial score (nSPS) is 13.9. The first-order valence-electron chi connectivity index (χ1n) is 4.80. The highest BCUT2D eigenvalue weighted by atomic mass is 19.4. The fourth-order valence-electron chi connectivity index (χ4n) is 1.05. The van der Waals surface area contributed by atoms with E-state index >= 15 is 0 Å². The Balaban J connectivity index is 2.77. The molecule has 0 aliphatic rings. The lowest BCUT2D eigenvalue weighted by Crippen LogP contribution is -2.41. The van der Waals surface area contributed by atoms with E-state index in [9.17, 15) is 31.1 Å². The van der Waals surface area contributed by atoms with Crippen LogP contribution in [0.25, 0.3) is 0 Å². The molecule has 0 radical (unpaired) electrons. The Hall–Kier alpha value is -1.97. The highest BCUT2D eigenvalue weighted by Gasteiger charge is 2.50. The minimum atomic E-state index is -5.60. The number of ether oxygens (including phenoxy) is 2. The van der Waals surface area contributed by atoms with Crippen molar-refractivity contribution in [3.8, 4) is 5.75 Å². The largest absolute Gasteiger partial charge is 0.525 e. The Morgan fingerprint density at radius 2 is 1.60 bits per heavy atom. The van der Waals surface area contributed by atoms with Gasteiger partial charge in [-0.3, -0.25) is 0 Å². The highest BCUT2D eigenvalue weighted by molar-refractivity contribution is 5.87. The lowest BCUT2D eigenvalue weighted by molar-refractivity contribution is -0.411. The monoisotopic (exact) mass is 304 g/mol. The second-order valence-corrected chi connectivity index (χ2v) is 3.37. The number of halogens is 6. The molecule has 0 saturated carbocycles. The third-order valence-corrected chi connectivity index (χ3v) is 1.86. The maximum Gasteiger partial charge on any atom is 0.525 e. The SMILES string of the molecule is O=C(O)c1ccc(OC(F)(F)[C@@H](F)OC(F)(F)F)cc1. The topological polar surface area (TPSA) is 55.8 Å². The highest BCUT2D eigenvalue weighted by Crippen LogP contribution is 2.31. The van der Waals surface area contributed by atoms with E-state index in [0.29, 0.717) is 0 Å². The summed E-state index contributed by atoms with van der Waals surface area (Å²) < 4.78 is 79.6. The van der Waals surface area contributed by atoms with Gasteiger partial charge in [0.25, 0.3) is 0 Å². The van der Waals surface area contributed by atoms with Gasteiger partial charge in [0.1, 0.15) is 5.75 Å². The number of alkyl halides is 6. The van der Waals surface area contributed by atoms with Gasteiger partial charge in [0.2, 0.25) is 0 Å². The van der Waals surface area contributed by atoms with Crippen LogP contribution < -0.4 is 4.74 Å². The third kappa shape index (κ3) is 4.61. The quantitative estimate of drug-likeness (QED) is 0.849. The summed E-state index contributed by atoms with van der Waals surface area (Å²) in [5.41, 5.74) is -0.274. The Labute approximate surface area is 107 Å². The summed E-state index contributed by atoms with van der Waals surface area (Å²) in [5, 5.41) is 8.53. The van der Waals surface area contributed by atoms with Crippen LogP contribution in [0, 0.1) is 0 Å². The molecule has 0 aromatic heterocycles. The van der Waals surface area contributed by atoms with E-state index < -0.39 is 30.5 Å². The van der Waals surface area contributed by atoms with Crippen molar-refractivity contribution in [2.75, 3.05) is 0 Å². The van der Waals surface area contributed by atoms with E-state index in [-0.39, 0.29) is 5.56 Å². The zero-order valence-electron chi connectivity index (χ0n) is 9.33. The van der Waals surface area contributed by atoms with Crippen LogP contribution in [0.15, 0.2) is 24.3 Å². The molecule has 0 saturated heterocycles. The van der Waals surface area contributed by atoms with E-state index in [0.717, 1.165) is 24.3 Å². The number of benzene rings is 1. The predicted octanol–water partition coefficient (Wildman–Crippen LogP) is 3.19. The molecule has 10 heteroatoms. The molecular weight excluding hydrogens is 298 g/mol. The molecule has 0 aliphatic heterocycles. The van der Waals surface area contributed by atoms with Gasteiger partial charge in [-0.15, -0.1) is 13.2 Å². The van der Waals surface area contributed by atoms with Crippen LogP contribution in [-0.4, -0.2) is 29.9 Å². The molecule has 1 aromatic rings. The average molecular weight is 304 g/mol. The Bertz CT molecular complexity index is 470. The molecule has 4 nitrogen and oxygen atoms in total. The molecule has 112 valence electrons. The molecule has 0 amide bonds. The van der Waals surface area contributed by atoms with Gasteiger partial charge < -0.3 is 9.84 Å². The first kappa shape index (κ1) is 16.1. The predicted molar refractivity (Wildman–Crippen MR) is 51.0 cm³/mol. The molecule has 0 aliphatic carbocycles. The van der Waals surface area contributed by atoms with Crippen LogP contribution in [0.1, 0.15) is 10.4 Å². The molecule has 0 fully saturated rings. The molecule has 1 rings (SSSR count). The molecule has 0 heterocycles. The van der Waals surface area contributed by atoms with Crippen molar-refractivity contribution in [1.29, 1.82) is 0 Å². The molecule has 0 unspecified atom stereocenters. The standard InChI is InChI=1S/C10H6F6O4/c11-8(20-10(14,15)16)9(12,13)19-6-3-1-5(2-4-6)7(17)18/h1-4,8H,(H,17,18)/t8-/m0/s1. The summed E-state index contributed by atoms with van der Waals surface area (Å²) in [6.45, 7) is 0. The fraction of sp³-hybridized carbons (Fsp3) is 0.300. The smallest absolute Gasteiger partial charge is 0.478 e. The first-order chi connectivity index (χ1) is 9.01. The molecule has 0 spiro atoms. The van der Waals surface area contributed by atoms with Gasteiger partial charge in [-0.2, -0.15) is 8.78 Å². The summed E-state index contributed by atoms with van der Waals surface area (Å²) in [6.07, 6.45) is -14.6. The molecule has 20 heavy (non-hydrogen) atoms. The second-order valence-electron chi connectivity index (χ2n) is 3.37. The van der Waals surface area contributed by atoms with Crippen LogP contribution in [-0.2, 0) is 4.74 Å². The van der Waals surface area contributed by atoms with Crippen LogP contribution in [0.3, 0.4) is 0 Å². The van der Waals surface area contributed by atoms with Crippen molar-refractivity contribution >= 4 is 5.97 Å². The maximum atomic E-state index is 13.0. The van der Waals surface area contributed by atoms with Crippen molar-refractivity contribution in [1.82, 2.24) is 0 Å². The number of carboxylic acids is 1. The minimum absolute atomic E-state index is 0.274. The second kappa shape index (κ2) is 5.57. The van der Waals surface area contributed by atoms with Crippen LogP contribution >= 0.6 is 0 Å². The number of hydrogen-bond donors (Lipinski definition) is 1. The van der Waals surface area contributed by atoms with Crippen LogP contribution in [0.4, 0.5) is 26.3 Å². The molecular formula is C10H6F6O4. The third-order valence-electron chi connectivity index (χ3n) is 1.86. The Morgan fingerprint density at radius 1 is 1.10 bits per heavy atom. The number of carbonyl (C=O) groups is 1. The molecule has 1 N–H and O–H groups in total. The van der Waals surface area contributed by atoms with E-state index in [1.54, 1.807) is 0 Å². The Morgan fingerprint density at radius 3 is 2.00 bits per heavy atom. The molecule has 0 bridgehead atoms. The number of hydrogen-bond acceptors (Lipinski definition) is 3. The summed E-state index contributed by atoms with van der Waals surface area (Å²) >= 11 is 0. The maximum absolute atomic E-state index is 13.0. The number of aromatic carboxylic acids is 1. The molecule has 1 aromatic carbocycles. The summed E-state index contributed by atoms with van der Waals surface area (Å²) in [7, 11) is 0. The fourth-order valence-corrected chi connectivity index (χ4v) is 1.05. The van der Waals surface area contributed by atoms with Gasteiger partial charge in [0, 0.05) is 0 Å². The van der Waals surface area contributed by atoms with Crippen molar-refractivity contribution in [3.05, 3.63) is 29.8 Å². The minimum Gasteiger partial charge on any atom is -0.478 e. The van der Waals surface area contributed by atoms with Crippen LogP contribution in [0.5, 0.6) is 5.75 Å². The van der Waals surface area contributed by atoms with Gasteiger partial charge in [-0.05, 0) is 24.3 Å². The summed E-state index contributed by atoms with van der Waals surface area (Å²) in [4.78, 5) is 10.5. The van der Waals surface area contributed by atoms with Gasteiger partial charge in [-0.25, -0.2) is 13.9 Å². The van der Waals surface area contributed by atoms with Crippen molar-refractivity contribution in [2.24, 2.45) is 0 Å². The first-order valence-corrected chi connectivity index (χ1v) is 4.80. The van der Waals surface area contributed by atoms with E-state index in [1.807, 2.05) is 0 Å². The lowest BCUT2D eigenvalue weighted by atomic mass is 10.2. The van der Waals surface area contributed by atoms with Gasteiger partial charge in [0.05, 0.1) is 5.56 Å². The van der Waals surface area contributed by atoms with Gasteiger partial charge >= 0.3 is 24.8 Å². The summed E-state index contributed by atoms with van der Waals surface area (Å²) in [6, 6.07) is 3.17. The van der Waals surface area contributed by atoms with Gasteiger partial charge in [0.15, 0.2) is 0 Å². The summed E-state index contributed by atoms with van der Waals surface area (Å²) in [5.74, 6) is -2.08. The average Bonchev–Trinajstić information content (AvgIpc) is 2.26. The Kier molecular flexibility index (Phi) is 4.48. The van der Waals surface area contributed by atoms with Crippen LogP contribution in [0.2, 0.25) is 0 Å².